The van der Waals surface area contributed by atoms with Crippen molar-refractivity contribution in [3.63, 3.8) is 0 Å². The Hall–Kier alpha value is -7.38. The van der Waals surface area contributed by atoms with Crippen molar-refractivity contribution in [2.45, 2.75) is 212 Å². The summed E-state index contributed by atoms with van der Waals surface area (Å²) in [5.41, 5.74) is -0.291. The van der Waals surface area contributed by atoms with Gasteiger partial charge >= 0.3 is 24.0 Å². The maximum absolute atomic E-state index is 14.3. The Labute approximate surface area is 568 Å². The van der Waals surface area contributed by atoms with Crippen molar-refractivity contribution in [3.05, 3.63) is 58.8 Å². The number of phenols is 1. The smallest absolute Gasteiger partial charge is 0.412 e. The fourth-order valence-corrected chi connectivity index (χ4v) is 12.5. The normalized spacial score (nSPS) is 38.9. The molecular weight excluding hydrogens is 1370 g/mol. The number of ether oxygens (including phenoxy) is 13. The highest BCUT2D eigenvalue weighted by atomic mass is 16.8. The number of aliphatic hydroxyl groups excluding tert-OH is 11. The second-order valence-corrected chi connectivity index (χ2v) is 24.3. The first-order valence-corrected chi connectivity index (χ1v) is 31.1. The van der Waals surface area contributed by atoms with Gasteiger partial charge in [-0.2, -0.15) is 0 Å². The van der Waals surface area contributed by atoms with E-state index >= 15 is 0 Å². The van der Waals surface area contributed by atoms with E-state index in [4.69, 9.17) is 66.0 Å². The molecule has 19 N–H and O–H groups in total. The number of aliphatic hydroxyl groups is 11. The number of carbonyl (C=O) groups excluding carboxylic acids is 4. The number of carbonyl (C=O) groups is 7. The van der Waals surface area contributed by atoms with Gasteiger partial charge in [0.15, 0.2) is 61.3 Å². The van der Waals surface area contributed by atoms with E-state index in [-0.39, 0.29) is 33.7 Å². The first kappa shape index (κ1) is 77.8. The molecule has 2 aromatic carbocycles. The van der Waals surface area contributed by atoms with Crippen molar-refractivity contribution in [2.24, 2.45) is 0 Å². The molecule has 9 rings (SSSR count). The summed E-state index contributed by atoms with van der Waals surface area (Å²) < 4.78 is 80.9. The van der Waals surface area contributed by atoms with E-state index in [2.05, 4.69) is 21.3 Å². The van der Waals surface area contributed by atoms with Crippen LogP contribution in [-0.2, 0) is 90.3 Å². The van der Waals surface area contributed by atoms with Crippen LogP contribution in [0.4, 0.5) is 10.5 Å². The number of amides is 4. The van der Waals surface area contributed by atoms with Crippen LogP contribution in [0, 0.1) is 0 Å². The Morgan fingerprint density at radius 1 is 0.465 bits per heavy atom. The summed E-state index contributed by atoms with van der Waals surface area (Å²) in [5, 5.41) is 175. The highest BCUT2D eigenvalue weighted by Crippen LogP contribution is 2.39. The molecule has 7 heterocycles. The second-order valence-electron chi connectivity index (χ2n) is 24.3. The third-order valence-corrected chi connectivity index (χ3v) is 17.4. The summed E-state index contributed by atoms with van der Waals surface area (Å²) in [6, 6.07) is 4.83. The van der Waals surface area contributed by atoms with Crippen molar-refractivity contribution in [3.8, 4) is 17.1 Å². The lowest BCUT2D eigenvalue weighted by atomic mass is 9.92. The molecule has 560 valence electrons. The fourth-order valence-electron chi connectivity index (χ4n) is 12.5. The molecule has 0 aliphatic carbocycles. The largest absolute Gasteiger partial charge is 0.508 e. The molecule has 6 aliphatic heterocycles. The fraction of sp³-hybridized carbons (Fsp3) is 0.633. The van der Waals surface area contributed by atoms with E-state index in [0.29, 0.717) is 0 Å². The molecule has 0 spiro atoms. The average molecular weight is 1450 g/mol. The Morgan fingerprint density at radius 2 is 0.881 bits per heavy atom. The maximum atomic E-state index is 14.3. The number of aromatic hydroxyl groups is 1. The topological polar surface area (TPSA) is 621 Å². The molecule has 0 bridgehead atoms. The summed E-state index contributed by atoms with van der Waals surface area (Å²) in [4.78, 5) is 105. The van der Waals surface area contributed by atoms with Crippen LogP contribution in [0.2, 0.25) is 0 Å². The second kappa shape index (κ2) is 32.9. The first-order chi connectivity index (χ1) is 47.8. The molecule has 6 fully saturated rings. The van der Waals surface area contributed by atoms with Crippen LogP contribution in [-0.4, -0.2) is 329 Å². The third-order valence-electron chi connectivity index (χ3n) is 17.4. The molecule has 6 aliphatic rings. The van der Waals surface area contributed by atoms with E-state index in [9.17, 15) is 115 Å². The number of methoxy groups -OCH3 is 1. The average Bonchev–Trinajstić information content (AvgIpc) is 0.765. The molecular formula is C60H78N4O37. The highest BCUT2D eigenvalue weighted by molar-refractivity contribution is 5.86. The monoisotopic (exact) mass is 1450 g/mol. The number of anilines is 1. The number of hydrogen-bond acceptors (Lipinski definition) is 34. The lowest BCUT2D eigenvalue weighted by Crippen LogP contribution is -2.71. The number of hydrogen-bond donors (Lipinski definition) is 19. The van der Waals surface area contributed by atoms with E-state index < -0.39 is 251 Å². The predicted octanol–water partition coefficient (Wildman–Crippen LogP) is -7.93. The number of aliphatic carboxylic acids is 3. The van der Waals surface area contributed by atoms with Gasteiger partial charge in [0.05, 0.1) is 37.4 Å². The van der Waals surface area contributed by atoms with Crippen molar-refractivity contribution >= 4 is 58.4 Å². The lowest BCUT2D eigenvalue weighted by molar-refractivity contribution is -0.375. The summed E-state index contributed by atoms with van der Waals surface area (Å²) in [6.07, 6.45) is -59.7. The summed E-state index contributed by atoms with van der Waals surface area (Å²) >= 11 is 0. The van der Waals surface area contributed by atoms with E-state index in [1.54, 1.807) is 0 Å². The van der Waals surface area contributed by atoms with Crippen LogP contribution in [0.1, 0.15) is 27.7 Å². The molecule has 30 unspecified atom stereocenters. The van der Waals surface area contributed by atoms with Crippen molar-refractivity contribution in [2.75, 3.05) is 32.2 Å². The zero-order chi connectivity index (χ0) is 73.9. The molecule has 101 heavy (non-hydrogen) atoms. The van der Waals surface area contributed by atoms with Crippen LogP contribution in [0.25, 0.3) is 22.3 Å². The van der Waals surface area contributed by atoms with Gasteiger partial charge in [-0.3, -0.25) is 24.5 Å². The van der Waals surface area contributed by atoms with Crippen molar-refractivity contribution in [1.82, 2.24) is 16.0 Å². The molecule has 41 nitrogen and oxygen atoms in total. The Balaban J connectivity index is 1.05. The zero-order valence-corrected chi connectivity index (χ0v) is 53.8. The number of carboxylic acids is 3. The molecule has 30 atom stereocenters. The number of nitrogens with one attached hydrogen (secondary N) is 4. The number of phenolic OH excluding ortho intramolecular Hbond substituents is 1. The Kier molecular flexibility index (Phi) is 25.4. The SMILES string of the molecule is COC1C(C(=O)O)OC(OC2C(O)C(CO)OC(OC3C(C(=O)O)OC(OC4C(O)C(CO)OC(OC5C(C(=O)O)OC(OC6C(O)C(CO)OC(C)C6NC(C)=O)C(O)C5O)C4NC(C)=O)C(OC(=O)Nc4ccc(-c5cc(=O)c6cc(O)ccc6o5)cc4)C3O)C2NC(C)=O)C(O)C1O. The van der Waals surface area contributed by atoms with Crippen LogP contribution in [0.15, 0.2) is 57.7 Å². The van der Waals surface area contributed by atoms with Gasteiger partial charge in [-0.05, 0) is 49.4 Å². The van der Waals surface area contributed by atoms with Crippen molar-refractivity contribution in [1.29, 1.82) is 0 Å². The molecule has 0 saturated carbocycles. The molecule has 0 radical (unpaired) electrons. The summed E-state index contributed by atoms with van der Waals surface area (Å²) in [6.45, 7) is 1.13. The number of fused-ring (bicyclic) bond motifs is 1. The molecule has 1 aromatic heterocycles. The summed E-state index contributed by atoms with van der Waals surface area (Å²) in [7, 11) is 0.987. The van der Waals surface area contributed by atoms with Crippen LogP contribution in [0.5, 0.6) is 5.75 Å². The Bertz CT molecular complexity index is 3480. The van der Waals surface area contributed by atoms with Gasteiger partial charge in [0, 0.05) is 45.2 Å². The van der Waals surface area contributed by atoms with E-state index in [1.807, 2.05) is 0 Å². The number of benzene rings is 2. The van der Waals surface area contributed by atoms with Gasteiger partial charge in [-0.1, -0.05) is 0 Å². The first-order valence-electron chi connectivity index (χ1n) is 31.1. The highest BCUT2D eigenvalue weighted by Gasteiger charge is 2.61. The Morgan fingerprint density at radius 3 is 1.35 bits per heavy atom. The van der Waals surface area contributed by atoms with Gasteiger partial charge in [0.2, 0.25) is 17.7 Å². The number of rotatable bonds is 23. The van der Waals surface area contributed by atoms with Gasteiger partial charge in [0.25, 0.3) is 0 Å². The molecule has 4 amide bonds. The third kappa shape index (κ3) is 17.0. The molecule has 41 heteroatoms. The standard InChI is InChI=1S/C60H78N4O37/c1-17-31(61-18(2)68)42(34(73)28(14-65)89-17)93-58-40(79)38(77)46(50(99-58)53(83)84)96-55-33(63-20(4)70)44(36(75)30(16-67)91-55)95-59-48(101-60(87)64-22-8-6-21(7-9-22)27-13-25(72)24-12-23(71)10-11-26(24)90-27)41(80)47(51(100-59)54(85)86)97-56-32(62-19(3)69)43(35(74)29(15-66)92-56)94-57-39(78)37(76)45(88-5)49(98-57)52(81)82/h6-13,17,28-51,55-59,65-67,71,73-80H,14-16H2,1-5H3,(H,61,68)(H,62,69)(H,63,70)(H,64,87)(H,81,82)(H,83,84)(H,85,86). The van der Waals surface area contributed by atoms with Gasteiger partial charge < -0.3 is 159 Å². The van der Waals surface area contributed by atoms with Crippen molar-refractivity contribution < 1.29 is 176 Å². The summed E-state index contributed by atoms with van der Waals surface area (Å²) in [5.74, 6) is -8.65. The maximum Gasteiger partial charge on any atom is 0.412 e. The molecule has 6 saturated heterocycles. The van der Waals surface area contributed by atoms with Gasteiger partial charge in [0.1, 0.15) is 133 Å². The zero-order valence-electron chi connectivity index (χ0n) is 53.8. The lowest BCUT2D eigenvalue weighted by Gasteiger charge is -2.51. The van der Waals surface area contributed by atoms with E-state index in [1.165, 1.54) is 49.4 Å². The van der Waals surface area contributed by atoms with Crippen LogP contribution >= 0.6 is 0 Å². The van der Waals surface area contributed by atoms with Gasteiger partial charge in [-0.25, -0.2) is 19.2 Å². The van der Waals surface area contributed by atoms with Gasteiger partial charge in [-0.15, -0.1) is 0 Å². The van der Waals surface area contributed by atoms with Crippen LogP contribution < -0.4 is 26.7 Å². The minimum absolute atomic E-state index is 0.0269. The quantitative estimate of drug-likeness (QED) is 0.0419. The molecule has 3 aromatic rings. The minimum atomic E-state index is -2.67. The number of carboxylic acid groups (broad SMARTS) is 3. The van der Waals surface area contributed by atoms with E-state index in [0.717, 1.165) is 33.9 Å². The van der Waals surface area contributed by atoms with Crippen LogP contribution in [0.3, 0.4) is 0 Å². The predicted molar refractivity (Wildman–Crippen MR) is 321 cm³/mol. The minimum Gasteiger partial charge on any atom is -0.508 e.